The van der Waals surface area contributed by atoms with Crippen molar-refractivity contribution in [3.05, 3.63) is 0 Å². The highest BCUT2D eigenvalue weighted by atomic mass is 16.2. The molecule has 1 aliphatic heterocycles. The Labute approximate surface area is 80.5 Å². The molecule has 1 aliphatic rings. The Morgan fingerprint density at radius 2 is 2.08 bits per heavy atom. The molecule has 13 heavy (non-hydrogen) atoms. The van der Waals surface area contributed by atoms with Gasteiger partial charge in [0.1, 0.15) is 0 Å². The van der Waals surface area contributed by atoms with Crippen LogP contribution in [-0.2, 0) is 4.79 Å². The molecule has 0 atom stereocenters. The molecule has 0 aromatic carbocycles. The van der Waals surface area contributed by atoms with Gasteiger partial charge >= 0.3 is 0 Å². The van der Waals surface area contributed by atoms with E-state index in [1.165, 1.54) is 0 Å². The van der Waals surface area contributed by atoms with Gasteiger partial charge in [-0.2, -0.15) is 0 Å². The maximum atomic E-state index is 11.8. The highest BCUT2D eigenvalue weighted by molar-refractivity contribution is 5.79. The number of carbonyl (C=O) groups is 1. The van der Waals surface area contributed by atoms with E-state index in [-0.39, 0.29) is 17.4 Å². The van der Waals surface area contributed by atoms with Crippen LogP contribution in [0.1, 0.15) is 27.7 Å². The molecule has 1 N–H and O–H groups in total. The van der Waals surface area contributed by atoms with Crippen LogP contribution in [0.4, 0.5) is 0 Å². The number of nitrogens with one attached hydrogen (secondary N) is 1. The number of hydrogen-bond acceptors (Lipinski definition) is 2. The van der Waals surface area contributed by atoms with E-state index in [2.05, 4.69) is 19.2 Å². The summed E-state index contributed by atoms with van der Waals surface area (Å²) in [5.74, 6) is 0.379. The second-order valence-corrected chi connectivity index (χ2v) is 4.63. The molecule has 1 fully saturated rings. The average Bonchev–Trinajstić information content (AvgIpc) is 2.02. The summed E-state index contributed by atoms with van der Waals surface area (Å²) in [7, 11) is 0. The van der Waals surface area contributed by atoms with Gasteiger partial charge in [0.15, 0.2) is 0 Å². The van der Waals surface area contributed by atoms with Gasteiger partial charge in [0.25, 0.3) is 0 Å². The van der Waals surface area contributed by atoms with E-state index in [0.717, 1.165) is 19.6 Å². The molecule has 0 bridgehead atoms. The van der Waals surface area contributed by atoms with Gasteiger partial charge in [-0.15, -0.1) is 0 Å². The fourth-order valence-corrected chi connectivity index (χ4v) is 1.70. The lowest BCUT2D eigenvalue weighted by molar-refractivity contribution is -0.141. The van der Waals surface area contributed by atoms with Crippen molar-refractivity contribution in [2.75, 3.05) is 19.6 Å². The second-order valence-electron chi connectivity index (χ2n) is 4.63. The molecule has 0 spiro atoms. The third-order valence-electron chi connectivity index (χ3n) is 2.56. The fourth-order valence-electron chi connectivity index (χ4n) is 1.70. The van der Waals surface area contributed by atoms with Crippen LogP contribution in [0.15, 0.2) is 0 Å². The summed E-state index contributed by atoms with van der Waals surface area (Å²) in [5, 5.41) is 3.30. The Morgan fingerprint density at radius 1 is 1.46 bits per heavy atom. The predicted octanol–water partition coefficient (Wildman–Crippen LogP) is 0.853. The van der Waals surface area contributed by atoms with Crippen LogP contribution in [0.2, 0.25) is 0 Å². The quantitative estimate of drug-likeness (QED) is 0.655. The van der Waals surface area contributed by atoms with Crippen molar-refractivity contribution in [2.24, 2.45) is 5.92 Å². The van der Waals surface area contributed by atoms with Crippen LogP contribution in [0.3, 0.4) is 0 Å². The number of rotatable bonds is 1. The van der Waals surface area contributed by atoms with Crippen molar-refractivity contribution >= 4 is 5.91 Å². The Morgan fingerprint density at radius 3 is 2.54 bits per heavy atom. The zero-order chi connectivity index (χ0) is 10.1. The van der Waals surface area contributed by atoms with Crippen LogP contribution in [0.5, 0.6) is 0 Å². The van der Waals surface area contributed by atoms with Gasteiger partial charge in [-0.05, 0) is 13.8 Å². The summed E-state index contributed by atoms with van der Waals surface area (Å²) in [4.78, 5) is 13.8. The molecule has 0 radical (unpaired) electrons. The van der Waals surface area contributed by atoms with Gasteiger partial charge in [0.05, 0.1) is 0 Å². The molecular weight excluding hydrogens is 164 g/mol. The van der Waals surface area contributed by atoms with Crippen molar-refractivity contribution in [2.45, 2.75) is 33.2 Å². The highest BCUT2D eigenvalue weighted by Crippen LogP contribution is 2.18. The van der Waals surface area contributed by atoms with E-state index in [4.69, 9.17) is 0 Å². The number of hydrogen-bond donors (Lipinski definition) is 1. The zero-order valence-corrected chi connectivity index (χ0v) is 9.05. The standard InChI is InChI=1S/C10H20N2O/c1-8(2)9(13)12-6-5-11-7-10(12,3)4/h8,11H,5-7H2,1-4H3. The average molecular weight is 184 g/mol. The molecule has 3 heteroatoms. The number of carbonyl (C=O) groups excluding carboxylic acids is 1. The molecule has 1 heterocycles. The lowest BCUT2D eigenvalue weighted by atomic mass is 9.98. The molecular formula is C10H20N2O. The fraction of sp³-hybridized carbons (Fsp3) is 0.900. The number of amides is 1. The molecule has 0 unspecified atom stereocenters. The first-order chi connectivity index (χ1) is 5.95. The number of piperazine rings is 1. The monoisotopic (exact) mass is 184 g/mol. The predicted molar refractivity (Wildman–Crippen MR) is 53.5 cm³/mol. The molecule has 3 nitrogen and oxygen atoms in total. The van der Waals surface area contributed by atoms with E-state index < -0.39 is 0 Å². The number of nitrogens with zero attached hydrogens (tertiary/aromatic N) is 1. The van der Waals surface area contributed by atoms with E-state index in [9.17, 15) is 4.79 Å². The summed E-state index contributed by atoms with van der Waals surface area (Å²) in [6.07, 6.45) is 0. The molecule has 0 saturated carbocycles. The van der Waals surface area contributed by atoms with Crippen molar-refractivity contribution in [3.8, 4) is 0 Å². The van der Waals surface area contributed by atoms with E-state index in [0.29, 0.717) is 0 Å². The van der Waals surface area contributed by atoms with Gasteiger partial charge in [-0.25, -0.2) is 0 Å². The topological polar surface area (TPSA) is 32.3 Å². The first-order valence-electron chi connectivity index (χ1n) is 4.97. The smallest absolute Gasteiger partial charge is 0.225 e. The molecule has 1 rings (SSSR count). The van der Waals surface area contributed by atoms with E-state index in [1.807, 2.05) is 18.7 Å². The van der Waals surface area contributed by atoms with Crippen molar-refractivity contribution in [3.63, 3.8) is 0 Å². The summed E-state index contributed by atoms with van der Waals surface area (Å²) in [5.41, 5.74) is -0.0282. The van der Waals surface area contributed by atoms with Crippen molar-refractivity contribution in [1.29, 1.82) is 0 Å². The Bertz CT molecular complexity index is 199. The zero-order valence-electron chi connectivity index (χ0n) is 9.05. The summed E-state index contributed by atoms with van der Waals surface area (Å²) in [6.45, 7) is 10.8. The lowest BCUT2D eigenvalue weighted by Gasteiger charge is -2.43. The van der Waals surface area contributed by atoms with Crippen LogP contribution in [-0.4, -0.2) is 36.0 Å². The molecule has 1 saturated heterocycles. The van der Waals surface area contributed by atoms with Crippen LogP contribution in [0, 0.1) is 5.92 Å². The van der Waals surface area contributed by atoms with Crippen molar-refractivity contribution < 1.29 is 4.79 Å². The maximum absolute atomic E-state index is 11.8. The third-order valence-corrected chi connectivity index (χ3v) is 2.56. The van der Waals surface area contributed by atoms with E-state index in [1.54, 1.807) is 0 Å². The summed E-state index contributed by atoms with van der Waals surface area (Å²) in [6, 6.07) is 0. The maximum Gasteiger partial charge on any atom is 0.225 e. The molecule has 1 amide bonds. The molecule has 0 aliphatic carbocycles. The molecule has 0 aromatic rings. The van der Waals surface area contributed by atoms with Gasteiger partial charge in [0, 0.05) is 31.1 Å². The minimum atomic E-state index is -0.0282. The van der Waals surface area contributed by atoms with Crippen LogP contribution < -0.4 is 5.32 Å². The normalized spacial score (nSPS) is 22.1. The van der Waals surface area contributed by atoms with Crippen molar-refractivity contribution in [1.82, 2.24) is 10.2 Å². The van der Waals surface area contributed by atoms with Crippen LogP contribution >= 0.6 is 0 Å². The van der Waals surface area contributed by atoms with Crippen LogP contribution in [0.25, 0.3) is 0 Å². The largest absolute Gasteiger partial charge is 0.335 e. The van der Waals surface area contributed by atoms with Gasteiger partial charge in [-0.3, -0.25) is 4.79 Å². The SMILES string of the molecule is CC(C)C(=O)N1CCNCC1(C)C. The van der Waals surface area contributed by atoms with Gasteiger partial charge in [-0.1, -0.05) is 13.8 Å². The van der Waals surface area contributed by atoms with Gasteiger partial charge < -0.3 is 10.2 Å². The first-order valence-corrected chi connectivity index (χ1v) is 4.97. The highest BCUT2D eigenvalue weighted by Gasteiger charge is 2.33. The minimum Gasteiger partial charge on any atom is -0.335 e. The minimum absolute atomic E-state index is 0.0282. The van der Waals surface area contributed by atoms with Gasteiger partial charge in [0.2, 0.25) is 5.91 Å². The first kappa shape index (κ1) is 10.5. The molecule has 76 valence electrons. The summed E-state index contributed by atoms with van der Waals surface area (Å²) >= 11 is 0. The summed E-state index contributed by atoms with van der Waals surface area (Å²) < 4.78 is 0. The lowest BCUT2D eigenvalue weighted by Crippen LogP contribution is -2.60. The second kappa shape index (κ2) is 3.66. The van der Waals surface area contributed by atoms with E-state index >= 15 is 0 Å². The Kier molecular flexibility index (Phi) is 2.96. The third kappa shape index (κ3) is 2.21. The molecule has 0 aromatic heterocycles. The Hall–Kier alpha value is -0.570. The Balaban J connectivity index is 2.71.